The lowest BCUT2D eigenvalue weighted by Gasteiger charge is -2.48. The third-order valence-electron chi connectivity index (χ3n) is 4.76. The fraction of sp³-hybridized carbons (Fsp3) is 0.533. The Morgan fingerprint density at radius 1 is 1.32 bits per heavy atom. The Bertz CT molecular complexity index is 580. The molecule has 0 saturated carbocycles. The molecule has 1 aromatic rings. The van der Waals surface area contributed by atoms with E-state index in [4.69, 9.17) is 15.2 Å². The number of aromatic nitrogens is 1. The van der Waals surface area contributed by atoms with Crippen molar-refractivity contribution in [1.29, 1.82) is 0 Å². The second kappa shape index (κ2) is 6.41. The average Bonchev–Trinajstić information content (AvgIpc) is 2.57. The number of hydrogen-bond donors (Lipinski definition) is 2. The lowest BCUT2D eigenvalue weighted by Crippen LogP contribution is -2.63. The van der Waals surface area contributed by atoms with Crippen molar-refractivity contribution in [3.8, 4) is 0 Å². The van der Waals surface area contributed by atoms with Gasteiger partial charge in [0.1, 0.15) is 18.5 Å². The number of fused-ring (bicyclic) bond motifs is 3. The summed E-state index contributed by atoms with van der Waals surface area (Å²) >= 11 is 0. The molecule has 2 bridgehead atoms. The lowest BCUT2D eigenvalue weighted by atomic mass is 9.84. The second-order valence-corrected chi connectivity index (χ2v) is 6.11. The molecule has 0 radical (unpaired) electrons. The predicted molar refractivity (Wildman–Crippen MR) is 78.8 cm³/mol. The number of hydrogen-bond acceptors (Lipinski definition) is 5. The predicted octanol–water partition coefficient (Wildman–Crippen LogP) is 0.784. The lowest BCUT2D eigenvalue weighted by molar-refractivity contribution is -0.954. The van der Waals surface area contributed by atoms with Crippen LogP contribution < -0.4 is 4.57 Å². The monoisotopic (exact) mass is 306 g/mol. The number of nitrogens with zero attached hydrogens (tertiary/aromatic N) is 4. The molecular formula is C15H22N4O3+2. The fourth-order valence-corrected chi connectivity index (χ4v) is 3.48. The molecule has 0 aliphatic carbocycles. The van der Waals surface area contributed by atoms with Crippen LogP contribution >= 0.6 is 0 Å². The normalized spacial score (nSPS) is 29.5. The third kappa shape index (κ3) is 2.95. The van der Waals surface area contributed by atoms with Gasteiger partial charge in [0.2, 0.25) is 5.69 Å². The van der Waals surface area contributed by atoms with E-state index >= 15 is 0 Å². The summed E-state index contributed by atoms with van der Waals surface area (Å²) in [5, 5.41) is 24.4. The molecule has 0 amide bonds. The average molecular weight is 306 g/mol. The molecule has 3 saturated heterocycles. The minimum Gasteiger partial charge on any atom is -0.411 e. The summed E-state index contributed by atoms with van der Waals surface area (Å²) in [7, 11) is 0. The highest BCUT2D eigenvalue weighted by Crippen LogP contribution is 2.31. The van der Waals surface area contributed by atoms with E-state index in [0.29, 0.717) is 19.4 Å². The van der Waals surface area contributed by atoms with Crippen molar-refractivity contribution in [2.75, 3.05) is 26.4 Å². The Hall–Kier alpha value is -1.99. The number of ether oxygens (including phenoxy) is 1. The fourth-order valence-electron chi connectivity index (χ4n) is 3.48. The first-order chi connectivity index (χ1) is 10.8. The molecule has 22 heavy (non-hydrogen) atoms. The van der Waals surface area contributed by atoms with Crippen molar-refractivity contribution in [1.82, 2.24) is 0 Å². The molecule has 0 atom stereocenters. The summed E-state index contributed by atoms with van der Waals surface area (Å²) in [5.41, 5.74) is 1.70. The molecule has 4 heterocycles. The van der Waals surface area contributed by atoms with Crippen LogP contribution in [-0.4, -0.2) is 53.2 Å². The van der Waals surface area contributed by atoms with Gasteiger partial charge >= 0.3 is 0 Å². The number of rotatable bonds is 5. The number of oxime groups is 2. The first kappa shape index (κ1) is 14.9. The molecule has 4 rings (SSSR count). The minimum absolute atomic E-state index is 0.400. The van der Waals surface area contributed by atoms with E-state index in [0.717, 1.165) is 48.4 Å². The van der Waals surface area contributed by atoms with Gasteiger partial charge in [-0.15, -0.1) is 0 Å². The van der Waals surface area contributed by atoms with Crippen LogP contribution in [0.5, 0.6) is 0 Å². The smallest absolute Gasteiger partial charge is 0.257 e. The van der Waals surface area contributed by atoms with Gasteiger partial charge in [-0.3, -0.25) is 9.22 Å². The van der Waals surface area contributed by atoms with Crippen molar-refractivity contribution in [2.24, 2.45) is 16.2 Å². The standard InChI is InChI=1S/C15H20N4O3/c20-16-9-14-3-1-2-6-18(14)11-22-12-19-7-4-13(5-8-19)15(10-19)17-21/h1-3,6,9,13H,4-5,7-8,10-12H2/p+2/b17-15-. The summed E-state index contributed by atoms with van der Waals surface area (Å²) in [4.78, 5) is 0. The molecule has 3 aliphatic rings. The van der Waals surface area contributed by atoms with Crippen LogP contribution in [0.25, 0.3) is 0 Å². The van der Waals surface area contributed by atoms with Gasteiger partial charge in [-0.25, -0.2) is 0 Å². The van der Waals surface area contributed by atoms with Gasteiger partial charge in [-0.1, -0.05) is 10.3 Å². The minimum atomic E-state index is 0.400. The van der Waals surface area contributed by atoms with Crippen molar-refractivity contribution in [3.05, 3.63) is 30.1 Å². The Morgan fingerprint density at radius 3 is 2.86 bits per heavy atom. The summed E-state index contributed by atoms with van der Waals surface area (Å²) in [5.74, 6) is 0.459. The molecule has 118 valence electrons. The van der Waals surface area contributed by atoms with E-state index in [1.807, 2.05) is 29.0 Å². The molecular weight excluding hydrogens is 284 g/mol. The van der Waals surface area contributed by atoms with E-state index in [1.54, 1.807) is 0 Å². The van der Waals surface area contributed by atoms with Crippen molar-refractivity contribution in [2.45, 2.75) is 19.6 Å². The molecule has 7 nitrogen and oxygen atoms in total. The maximum atomic E-state index is 9.12. The number of piperidine rings is 3. The summed E-state index contributed by atoms with van der Waals surface area (Å²) in [6.07, 6.45) is 5.42. The SMILES string of the molecule is ON=Cc1cccc[n+]1COC[N+]12CCC(CC1)/C(=N\O)C2. The number of pyridine rings is 1. The zero-order valence-corrected chi connectivity index (χ0v) is 12.5. The molecule has 3 aliphatic heterocycles. The molecule has 0 unspecified atom stereocenters. The van der Waals surface area contributed by atoms with Crippen LogP contribution in [0.2, 0.25) is 0 Å². The van der Waals surface area contributed by atoms with Crippen LogP contribution in [0.4, 0.5) is 0 Å². The van der Waals surface area contributed by atoms with Crippen LogP contribution in [0.1, 0.15) is 18.5 Å². The first-order valence-electron chi connectivity index (χ1n) is 7.56. The van der Waals surface area contributed by atoms with Gasteiger partial charge in [0, 0.05) is 30.9 Å². The Balaban J connectivity index is 1.61. The second-order valence-electron chi connectivity index (χ2n) is 6.11. The van der Waals surface area contributed by atoms with Crippen LogP contribution in [0.15, 0.2) is 34.7 Å². The van der Waals surface area contributed by atoms with Gasteiger partial charge < -0.3 is 10.4 Å². The van der Waals surface area contributed by atoms with Crippen molar-refractivity contribution < 1.29 is 24.2 Å². The Kier molecular flexibility index (Phi) is 4.35. The summed E-state index contributed by atoms with van der Waals surface area (Å²) in [6, 6.07) is 5.65. The van der Waals surface area contributed by atoms with Crippen LogP contribution in [0.3, 0.4) is 0 Å². The number of quaternary nitrogens is 1. The van der Waals surface area contributed by atoms with Gasteiger partial charge in [0.25, 0.3) is 6.73 Å². The first-order valence-corrected chi connectivity index (χ1v) is 7.56. The largest absolute Gasteiger partial charge is 0.411 e. The molecule has 1 aromatic heterocycles. The van der Waals surface area contributed by atoms with Gasteiger partial charge in [-0.2, -0.15) is 4.57 Å². The molecule has 3 fully saturated rings. The highest BCUT2D eigenvalue weighted by Gasteiger charge is 2.44. The van der Waals surface area contributed by atoms with Crippen molar-refractivity contribution >= 4 is 11.9 Å². The van der Waals surface area contributed by atoms with Crippen molar-refractivity contribution in [3.63, 3.8) is 0 Å². The summed E-state index contributed by atoms with van der Waals surface area (Å²) in [6.45, 7) is 3.94. The highest BCUT2D eigenvalue weighted by atomic mass is 16.5. The molecule has 7 heteroatoms. The van der Waals surface area contributed by atoms with Gasteiger partial charge in [0.05, 0.1) is 13.1 Å². The molecule has 0 spiro atoms. The van der Waals surface area contributed by atoms with E-state index < -0.39 is 0 Å². The van der Waals surface area contributed by atoms with Gasteiger partial charge in [0.15, 0.2) is 12.9 Å². The summed E-state index contributed by atoms with van der Waals surface area (Å²) < 4.78 is 8.64. The van der Waals surface area contributed by atoms with E-state index in [2.05, 4.69) is 10.3 Å². The Labute approximate surface area is 129 Å². The zero-order chi connectivity index (χ0) is 15.4. The topological polar surface area (TPSA) is 78.3 Å². The van der Waals surface area contributed by atoms with E-state index in [9.17, 15) is 0 Å². The van der Waals surface area contributed by atoms with E-state index in [-0.39, 0.29) is 0 Å². The molecule has 0 aromatic carbocycles. The van der Waals surface area contributed by atoms with Crippen LogP contribution in [-0.2, 0) is 11.5 Å². The maximum Gasteiger partial charge on any atom is 0.257 e. The quantitative estimate of drug-likeness (QED) is 0.277. The highest BCUT2D eigenvalue weighted by molar-refractivity contribution is 5.88. The maximum absolute atomic E-state index is 9.12. The Morgan fingerprint density at radius 2 is 2.14 bits per heavy atom. The van der Waals surface area contributed by atoms with Crippen LogP contribution in [0, 0.1) is 5.92 Å². The van der Waals surface area contributed by atoms with Gasteiger partial charge in [-0.05, 0) is 6.07 Å². The molecule has 2 N–H and O–H groups in total. The third-order valence-corrected chi connectivity index (χ3v) is 4.76. The van der Waals surface area contributed by atoms with E-state index in [1.165, 1.54) is 6.21 Å². The zero-order valence-electron chi connectivity index (χ0n) is 12.5.